The van der Waals surface area contributed by atoms with Gasteiger partial charge in [-0.3, -0.25) is 0 Å². The van der Waals surface area contributed by atoms with Crippen molar-refractivity contribution in [3.8, 4) is 6.07 Å². The summed E-state index contributed by atoms with van der Waals surface area (Å²) in [4.78, 5) is 0. The summed E-state index contributed by atoms with van der Waals surface area (Å²) < 4.78 is 0. The first-order valence-electron chi connectivity index (χ1n) is 6.84. The van der Waals surface area contributed by atoms with Crippen molar-refractivity contribution in [1.29, 1.82) is 5.26 Å². The van der Waals surface area contributed by atoms with E-state index in [1.807, 2.05) is 0 Å². The van der Waals surface area contributed by atoms with Crippen LogP contribution in [-0.2, 0) is 0 Å². The zero-order valence-electron chi connectivity index (χ0n) is 10.7. The van der Waals surface area contributed by atoms with E-state index in [0.29, 0.717) is 16.2 Å². The molecule has 4 rings (SSSR count). The first-order valence-corrected chi connectivity index (χ1v) is 6.84. The highest BCUT2D eigenvalue weighted by Crippen LogP contribution is 2.70. The molecule has 0 saturated heterocycles. The Hall–Kier alpha value is -0.510. The van der Waals surface area contributed by atoms with Gasteiger partial charge in [-0.25, -0.2) is 0 Å². The Labute approximate surface area is 99.2 Å². The monoisotopic (exact) mass is 217 g/mol. The van der Waals surface area contributed by atoms with Crippen LogP contribution in [0.25, 0.3) is 0 Å². The predicted octanol–water partition coefficient (Wildman–Crippen LogP) is 4.29. The third-order valence-corrected chi connectivity index (χ3v) is 5.51. The summed E-state index contributed by atoms with van der Waals surface area (Å²) in [6.07, 6.45) is 10.6. The Morgan fingerprint density at radius 3 is 2.19 bits per heavy atom. The molecule has 4 bridgehead atoms. The number of rotatable bonds is 2. The number of nitrogens with zero attached hydrogens (tertiary/aromatic N) is 1. The molecule has 4 fully saturated rings. The minimum Gasteiger partial charge on any atom is -0.198 e. The molecule has 4 saturated carbocycles. The van der Waals surface area contributed by atoms with Gasteiger partial charge in [0, 0.05) is 6.42 Å². The fourth-order valence-corrected chi connectivity index (χ4v) is 6.28. The molecule has 0 amide bonds. The molecular formula is C15H23N. The highest BCUT2D eigenvalue weighted by Gasteiger charge is 2.59. The van der Waals surface area contributed by atoms with E-state index < -0.39 is 0 Å². The molecule has 0 aromatic carbocycles. The van der Waals surface area contributed by atoms with Gasteiger partial charge in [-0.15, -0.1) is 0 Å². The maximum atomic E-state index is 8.85. The van der Waals surface area contributed by atoms with Crippen LogP contribution in [0.4, 0.5) is 0 Å². The van der Waals surface area contributed by atoms with Crippen molar-refractivity contribution < 1.29 is 0 Å². The third kappa shape index (κ3) is 1.50. The second-order valence-electron chi connectivity index (χ2n) is 7.79. The molecule has 0 aliphatic heterocycles. The molecule has 0 aromatic heterocycles. The van der Waals surface area contributed by atoms with E-state index in [1.54, 1.807) is 0 Å². The van der Waals surface area contributed by atoms with E-state index in [0.717, 1.165) is 12.3 Å². The van der Waals surface area contributed by atoms with Gasteiger partial charge in [0.25, 0.3) is 0 Å². The Morgan fingerprint density at radius 1 is 1.06 bits per heavy atom. The van der Waals surface area contributed by atoms with Gasteiger partial charge in [0.1, 0.15) is 0 Å². The van der Waals surface area contributed by atoms with Gasteiger partial charge in [0.15, 0.2) is 0 Å². The summed E-state index contributed by atoms with van der Waals surface area (Å²) >= 11 is 0. The lowest BCUT2D eigenvalue weighted by atomic mass is 9.40. The highest BCUT2D eigenvalue weighted by molar-refractivity contribution is 5.10. The fourth-order valence-electron chi connectivity index (χ4n) is 6.28. The van der Waals surface area contributed by atoms with Crippen molar-refractivity contribution in [2.45, 2.75) is 65.2 Å². The van der Waals surface area contributed by atoms with E-state index in [-0.39, 0.29) is 0 Å². The van der Waals surface area contributed by atoms with E-state index >= 15 is 0 Å². The summed E-state index contributed by atoms with van der Waals surface area (Å²) in [6.45, 7) is 5.02. The van der Waals surface area contributed by atoms with Crippen molar-refractivity contribution in [1.82, 2.24) is 0 Å². The van der Waals surface area contributed by atoms with Gasteiger partial charge < -0.3 is 0 Å². The van der Waals surface area contributed by atoms with Gasteiger partial charge in [0.05, 0.1) is 6.07 Å². The SMILES string of the molecule is CC12CC3CC(C)(C1)CC(CCC#N)(C3)C2. The van der Waals surface area contributed by atoms with Crippen LogP contribution in [0.1, 0.15) is 65.2 Å². The molecule has 2 atom stereocenters. The largest absolute Gasteiger partial charge is 0.198 e. The van der Waals surface area contributed by atoms with E-state index in [4.69, 9.17) is 5.26 Å². The average Bonchev–Trinajstić information content (AvgIpc) is 2.08. The van der Waals surface area contributed by atoms with E-state index in [1.165, 1.54) is 44.9 Å². The van der Waals surface area contributed by atoms with E-state index in [9.17, 15) is 0 Å². The van der Waals surface area contributed by atoms with Crippen LogP contribution in [0.5, 0.6) is 0 Å². The molecule has 0 aromatic rings. The van der Waals surface area contributed by atoms with Crippen LogP contribution in [0.2, 0.25) is 0 Å². The number of nitriles is 1. The molecule has 1 heteroatoms. The Kier molecular flexibility index (Phi) is 2.01. The van der Waals surface area contributed by atoms with Crippen LogP contribution in [0, 0.1) is 33.5 Å². The van der Waals surface area contributed by atoms with Crippen molar-refractivity contribution in [3.63, 3.8) is 0 Å². The molecule has 4 aliphatic carbocycles. The lowest BCUT2D eigenvalue weighted by Crippen LogP contribution is -2.54. The van der Waals surface area contributed by atoms with Crippen LogP contribution >= 0.6 is 0 Å². The Bertz CT molecular complexity index is 333. The maximum Gasteiger partial charge on any atom is 0.0621 e. The Morgan fingerprint density at radius 2 is 1.69 bits per heavy atom. The van der Waals surface area contributed by atoms with Gasteiger partial charge in [0.2, 0.25) is 0 Å². The van der Waals surface area contributed by atoms with Crippen LogP contribution in [-0.4, -0.2) is 0 Å². The minimum atomic E-state index is 0.554. The van der Waals surface area contributed by atoms with E-state index in [2.05, 4.69) is 19.9 Å². The topological polar surface area (TPSA) is 23.8 Å². The third-order valence-electron chi connectivity index (χ3n) is 5.51. The van der Waals surface area contributed by atoms with Crippen LogP contribution in [0.3, 0.4) is 0 Å². The van der Waals surface area contributed by atoms with Crippen LogP contribution < -0.4 is 0 Å². The van der Waals surface area contributed by atoms with Gasteiger partial charge in [-0.2, -0.15) is 5.26 Å². The van der Waals surface area contributed by atoms with Crippen molar-refractivity contribution in [2.75, 3.05) is 0 Å². The van der Waals surface area contributed by atoms with Crippen molar-refractivity contribution in [2.24, 2.45) is 22.2 Å². The summed E-state index contributed by atoms with van der Waals surface area (Å²) in [5.74, 6) is 0.977. The summed E-state index contributed by atoms with van der Waals surface area (Å²) in [7, 11) is 0. The number of hydrogen-bond donors (Lipinski definition) is 0. The van der Waals surface area contributed by atoms with Crippen molar-refractivity contribution >= 4 is 0 Å². The second kappa shape index (κ2) is 3.03. The molecule has 0 N–H and O–H groups in total. The summed E-state index contributed by atoms with van der Waals surface area (Å²) in [5, 5.41) is 8.85. The zero-order chi connectivity index (χ0) is 11.4. The predicted molar refractivity (Wildman–Crippen MR) is 64.7 cm³/mol. The van der Waals surface area contributed by atoms with Gasteiger partial charge in [-0.1, -0.05) is 13.8 Å². The summed E-state index contributed by atoms with van der Waals surface area (Å²) in [6, 6.07) is 2.37. The van der Waals surface area contributed by atoms with Crippen LogP contribution in [0.15, 0.2) is 0 Å². The average molecular weight is 217 g/mol. The smallest absolute Gasteiger partial charge is 0.0621 e. The quantitative estimate of drug-likeness (QED) is 0.677. The molecule has 0 heterocycles. The lowest BCUT2D eigenvalue weighted by Gasteiger charge is -2.65. The molecule has 4 aliphatic rings. The second-order valence-corrected chi connectivity index (χ2v) is 7.79. The fraction of sp³-hybridized carbons (Fsp3) is 0.933. The first kappa shape index (κ1) is 10.6. The molecule has 16 heavy (non-hydrogen) atoms. The minimum absolute atomic E-state index is 0.554. The van der Waals surface area contributed by atoms with Gasteiger partial charge >= 0.3 is 0 Å². The lowest BCUT2D eigenvalue weighted by molar-refractivity contribution is -0.147. The highest BCUT2D eigenvalue weighted by atomic mass is 14.6. The first-order chi connectivity index (χ1) is 7.47. The maximum absolute atomic E-state index is 8.85. The number of hydrogen-bond acceptors (Lipinski definition) is 1. The van der Waals surface area contributed by atoms with Crippen molar-refractivity contribution in [3.05, 3.63) is 0 Å². The molecule has 1 nitrogen and oxygen atoms in total. The molecule has 0 radical (unpaired) electrons. The Balaban J connectivity index is 1.90. The zero-order valence-corrected chi connectivity index (χ0v) is 10.7. The summed E-state index contributed by atoms with van der Waals surface area (Å²) in [5.41, 5.74) is 1.78. The molecule has 2 unspecified atom stereocenters. The standard InChI is InChI=1S/C15H23N/c1-13-6-12-7-14(2,9-13)11-15(8-12,10-13)4-3-5-16/h12H,3-4,6-11H2,1-2H3. The molecular weight excluding hydrogens is 194 g/mol. The normalized spacial score (nSPS) is 53.9. The molecule has 88 valence electrons. The van der Waals surface area contributed by atoms with Gasteiger partial charge in [-0.05, 0) is 67.1 Å². The molecule has 0 spiro atoms.